The molecule has 9 heteroatoms. The van der Waals surface area contributed by atoms with Gasteiger partial charge in [0.15, 0.2) is 5.76 Å². The van der Waals surface area contributed by atoms with E-state index in [1.54, 1.807) is 50.3 Å². The molecule has 29 heavy (non-hydrogen) atoms. The second kappa shape index (κ2) is 8.89. The van der Waals surface area contributed by atoms with E-state index in [0.29, 0.717) is 36.7 Å². The van der Waals surface area contributed by atoms with Crippen molar-refractivity contribution < 1.29 is 17.7 Å². The van der Waals surface area contributed by atoms with Crippen LogP contribution in [-0.2, 0) is 14.8 Å². The Kier molecular flexibility index (Phi) is 6.51. The summed E-state index contributed by atoms with van der Waals surface area (Å²) in [6.07, 6.45) is 3.85. The summed E-state index contributed by atoms with van der Waals surface area (Å²) in [5, 5.41) is 6.67. The molecule has 0 spiro atoms. The fraction of sp³-hybridized carbons (Fsp3) is 0.400. The lowest BCUT2D eigenvalue weighted by atomic mass is 10.2. The first kappa shape index (κ1) is 21.2. The van der Waals surface area contributed by atoms with Gasteiger partial charge in [-0.15, -0.1) is 0 Å². The largest absolute Gasteiger partial charge is 0.354 e. The molecule has 1 amide bonds. The average molecular weight is 419 g/mol. The van der Waals surface area contributed by atoms with Crippen molar-refractivity contribution in [3.8, 4) is 0 Å². The number of piperazine rings is 1. The molecule has 1 N–H and O–H groups in total. The molecule has 2 aromatic rings. The highest BCUT2D eigenvalue weighted by atomic mass is 32.2. The zero-order valence-electron chi connectivity index (χ0n) is 16.9. The number of carbonyl (C=O) groups is 1. The number of likely N-dealkylation sites (N-methyl/N-ethyl adjacent to an activating group) is 1. The van der Waals surface area contributed by atoms with Crippen LogP contribution in [0.15, 0.2) is 33.7 Å². The van der Waals surface area contributed by atoms with Crippen LogP contribution in [0.3, 0.4) is 0 Å². The number of amides is 1. The van der Waals surface area contributed by atoms with E-state index in [1.165, 1.54) is 4.31 Å². The van der Waals surface area contributed by atoms with E-state index in [9.17, 15) is 13.2 Å². The maximum absolute atomic E-state index is 12.8. The number of aromatic nitrogens is 1. The van der Waals surface area contributed by atoms with Crippen molar-refractivity contribution in [2.24, 2.45) is 0 Å². The number of carbonyl (C=O) groups excluding carboxylic acids is 1. The topological polar surface area (TPSA) is 95.8 Å². The van der Waals surface area contributed by atoms with Crippen LogP contribution in [0.2, 0.25) is 0 Å². The fourth-order valence-corrected chi connectivity index (χ4v) is 4.40. The predicted octanol–water partition coefficient (Wildman–Crippen LogP) is 2.44. The van der Waals surface area contributed by atoms with Crippen molar-refractivity contribution in [1.82, 2.24) is 14.4 Å². The zero-order valence-corrected chi connectivity index (χ0v) is 17.7. The lowest BCUT2D eigenvalue weighted by molar-refractivity contribution is -0.115. The fourth-order valence-electron chi connectivity index (χ4n) is 2.98. The summed E-state index contributed by atoms with van der Waals surface area (Å²) in [4.78, 5) is 14.1. The number of anilines is 1. The van der Waals surface area contributed by atoms with Gasteiger partial charge in [0.2, 0.25) is 15.9 Å². The third-order valence-corrected chi connectivity index (χ3v) is 6.79. The predicted molar refractivity (Wildman–Crippen MR) is 112 cm³/mol. The van der Waals surface area contributed by atoms with E-state index < -0.39 is 10.0 Å². The zero-order chi connectivity index (χ0) is 21.0. The molecule has 8 nitrogen and oxygen atoms in total. The number of rotatable bonds is 6. The first-order chi connectivity index (χ1) is 13.8. The van der Waals surface area contributed by atoms with E-state index >= 15 is 0 Å². The van der Waals surface area contributed by atoms with Gasteiger partial charge in [0.25, 0.3) is 0 Å². The standard InChI is InChI=1S/C20H26N4O4S/c1-4-19(25)21-20-15(2)22-28-18(20)10-7-16-5-8-17(9-6-16)29(26,27)24-13-11-23(3)12-14-24/h5-10H,4,11-14H2,1-3H3,(H,21,25)/b10-7-. The van der Waals surface area contributed by atoms with Crippen LogP contribution in [0.5, 0.6) is 0 Å². The van der Waals surface area contributed by atoms with E-state index in [4.69, 9.17) is 4.52 Å². The smallest absolute Gasteiger partial charge is 0.243 e. The van der Waals surface area contributed by atoms with Gasteiger partial charge in [-0.2, -0.15) is 4.31 Å². The molecule has 3 rings (SSSR count). The normalized spacial score (nSPS) is 16.4. The molecule has 1 fully saturated rings. The van der Waals surface area contributed by atoms with Crippen LogP contribution in [0, 0.1) is 6.92 Å². The van der Waals surface area contributed by atoms with E-state index in [2.05, 4.69) is 15.4 Å². The summed E-state index contributed by atoms with van der Waals surface area (Å²) >= 11 is 0. The molecule has 0 bridgehead atoms. The maximum Gasteiger partial charge on any atom is 0.243 e. The second-order valence-electron chi connectivity index (χ2n) is 7.02. The third kappa shape index (κ3) is 4.92. The Morgan fingerprint density at radius 2 is 1.83 bits per heavy atom. The van der Waals surface area contributed by atoms with Crippen molar-refractivity contribution in [2.45, 2.75) is 25.2 Å². The molecule has 1 aliphatic rings. The summed E-state index contributed by atoms with van der Waals surface area (Å²) in [6.45, 7) is 5.98. The first-order valence-corrected chi connectivity index (χ1v) is 11.0. The Labute approximate surface area is 171 Å². The van der Waals surface area contributed by atoms with Crippen LogP contribution >= 0.6 is 0 Å². The molecule has 1 aliphatic heterocycles. The Balaban J connectivity index is 1.74. The number of nitrogens with zero attached hydrogens (tertiary/aromatic N) is 3. The van der Waals surface area contributed by atoms with Crippen molar-refractivity contribution in [3.63, 3.8) is 0 Å². The van der Waals surface area contributed by atoms with Crippen LogP contribution in [0.1, 0.15) is 30.4 Å². The molecule has 0 unspecified atom stereocenters. The monoisotopic (exact) mass is 418 g/mol. The molecule has 0 aliphatic carbocycles. The minimum Gasteiger partial charge on any atom is -0.354 e. The van der Waals surface area contributed by atoms with Gasteiger partial charge < -0.3 is 14.7 Å². The lowest BCUT2D eigenvalue weighted by Gasteiger charge is -2.31. The summed E-state index contributed by atoms with van der Waals surface area (Å²) < 4.78 is 32.4. The van der Waals surface area contributed by atoms with Gasteiger partial charge in [0.05, 0.1) is 4.90 Å². The highest BCUT2D eigenvalue weighted by molar-refractivity contribution is 7.89. The Morgan fingerprint density at radius 1 is 1.17 bits per heavy atom. The van der Waals surface area contributed by atoms with Crippen LogP contribution in [0.4, 0.5) is 5.69 Å². The molecule has 0 atom stereocenters. The Morgan fingerprint density at radius 3 is 2.45 bits per heavy atom. The molecule has 1 aromatic heterocycles. The van der Waals surface area contributed by atoms with Gasteiger partial charge in [-0.3, -0.25) is 4.79 Å². The molecular formula is C20H26N4O4S. The van der Waals surface area contributed by atoms with Crippen molar-refractivity contribution in [1.29, 1.82) is 0 Å². The highest BCUT2D eigenvalue weighted by Gasteiger charge is 2.27. The quantitative estimate of drug-likeness (QED) is 0.774. The van der Waals surface area contributed by atoms with Crippen LogP contribution in [0.25, 0.3) is 12.2 Å². The number of nitrogens with one attached hydrogen (secondary N) is 1. The van der Waals surface area contributed by atoms with Gasteiger partial charge >= 0.3 is 0 Å². The number of hydrogen-bond donors (Lipinski definition) is 1. The van der Waals surface area contributed by atoms with Crippen molar-refractivity contribution in [3.05, 3.63) is 41.3 Å². The molecule has 0 saturated carbocycles. The highest BCUT2D eigenvalue weighted by Crippen LogP contribution is 2.23. The molecule has 1 aromatic carbocycles. The number of aryl methyl sites for hydroxylation is 1. The first-order valence-electron chi connectivity index (χ1n) is 9.54. The molecular weight excluding hydrogens is 392 g/mol. The summed E-state index contributed by atoms with van der Waals surface area (Å²) in [7, 11) is -1.50. The van der Waals surface area contributed by atoms with Gasteiger partial charge in [0, 0.05) is 32.6 Å². The second-order valence-corrected chi connectivity index (χ2v) is 8.96. The van der Waals surface area contributed by atoms with Crippen LogP contribution in [-0.4, -0.2) is 61.9 Å². The summed E-state index contributed by atoms with van der Waals surface area (Å²) in [5.41, 5.74) is 1.95. The van der Waals surface area contributed by atoms with Gasteiger partial charge in [0.1, 0.15) is 11.4 Å². The van der Waals surface area contributed by atoms with E-state index in [1.807, 2.05) is 7.05 Å². The van der Waals surface area contributed by atoms with E-state index in [0.717, 1.165) is 18.7 Å². The van der Waals surface area contributed by atoms with Crippen molar-refractivity contribution in [2.75, 3.05) is 38.5 Å². The minimum atomic E-state index is -3.48. The van der Waals surface area contributed by atoms with Gasteiger partial charge in [-0.25, -0.2) is 8.42 Å². The molecule has 2 heterocycles. The SMILES string of the molecule is CCC(=O)Nc1c(C)noc1/C=C\c1ccc(S(=O)(=O)N2CCN(C)CC2)cc1. The number of hydrogen-bond acceptors (Lipinski definition) is 6. The minimum absolute atomic E-state index is 0.121. The van der Waals surface area contributed by atoms with Gasteiger partial charge in [-0.05, 0) is 37.7 Å². The van der Waals surface area contributed by atoms with E-state index in [-0.39, 0.29) is 10.8 Å². The maximum atomic E-state index is 12.8. The Bertz CT molecular complexity index is 988. The summed E-state index contributed by atoms with van der Waals surface area (Å²) in [6, 6.07) is 6.71. The van der Waals surface area contributed by atoms with Crippen molar-refractivity contribution >= 4 is 33.8 Å². The number of benzene rings is 1. The molecule has 1 saturated heterocycles. The molecule has 0 radical (unpaired) electrons. The van der Waals surface area contributed by atoms with Crippen LogP contribution < -0.4 is 5.32 Å². The third-order valence-electron chi connectivity index (χ3n) is 4.88. The Hall–Kier alpha value is -2.49. The summed E-state index contributed by atoms with van der Waals surface area (Å²) in [5.74, 6) is 0.322. The molecule has 156 valence electrons. The van der Waals surface area contributed by atoms with Gasteiger partial charge in [-0.1, -0.05) is 30.3 Å². The number of sulfonamides is 1. The average Bonchev–Trinajstić information content (AvgIpc) is 3.06. The lowest BCUT2D eigenvalue weighted by Crippen LogP contribution is -2.46.